The first kappa shape index (κ1) is 15.0. The molecule has 0 aromatic heterocycles. The maximum atomic E-state index is 12.5. The minimum Gasteiger partial charge on any atom is -0.367 e. The van der Waals surface area contributed by atoms with Gasteiger partial charge in [0.1, 0.15) is 6.04 Å². The van der Waals surface area contributed by atoms with Crippen LogP contribution in [0, 0.1) is 0 Å². The van der Waals surface area contributed by atoms with E-state index in [1.165, 1.54) is 16.5 Å². The average Bonchev–Trinajstić information content (AvgIpc) is 3.07. The molecular formula is C19H21N3O2. The third kappa shape index (κ3) is 2.70. The molecule has 5 heteroatoms. The molecule has 2 aromatic carbocycles. The lowest BCUT2D eigenvalue weighted by atomic mass is 10.1. The lowest BCUT2D eigenvalue weighted by Gasteiger charge is -2.37. The van der Waals surface area contributed by atoms with Gasteiger partial charge in [-0.2, -0.15) is 0 Å². The van der Waals surface area contributed by atoms with Gasteiger partial charge >= 0.3 is 0 Å². The van der Waals surface area contributed by atoms with Crippen LogP contribution in [0.3, 0.4) is 0 Å². The van der Waals surface area contributed by atoms with Gasteiger partial charge in [-0.1, -0.05) is 36.4 Å². The third-order valence-corrected chi connectivity index (χ3v) is 4.99. The van der Waals surface area contributed by atoms with Gasteiger partial charge in [-0.25, -0.2) is 0 Å². The maximum Gasteiger partial charge on any atom is 0.245 e. The van der Waals surface area contributed by atoms with Gasteiger partial charge in [0.05, 0.1) is 0 Å². The van der Waals surface area contributed by atoms with Crippen LogP contribution >= 0.6 is 0 Å². The molecular weight excluding hydrogens is 302 g/mol. The van der Waals surface area contributed by atoms with Crippen LogP contribution in [0.25, 0.3) is 10.8 Å². The fourth-order valence-corrected chi connectivity index (χ4v) is 3.67. The lowest BCUT2D eigenvalue weighted by molar-refractivity contribution is -0.134. The van der Waals surface area contributed by atoms with Gasteiger partial charge in [0.15, 0.2) is 0 Å². The third-order valence-electron chi connectivity index (χ3n) is 4.99. The molecule has 2 fully saturated rings. The molecule has 2 saturated heterocycles. The smallest absolute Gasteiger partial charge is 0.245 e. The maximum absolute atomic E-state index is 12.5. The number of nitrogens with one attached hydrogen (secondary N) is 1. The van der Waals surface area contributed by atoms with Crippen LogP contribution in [0.4, 0.5) is 5.69 Å². The Morgan fingerprint density at radius 3 is 2.50 bits per heavy atom. The summed E-state index contributed by atoms with van der Waals surface area (Å²) in [5.74, 6) is 0.0566. The molecule has 124 valence electrons. The Labute approximate surface area is 141 Å². The van der Waals surface area contributed by atoms with E-state index in [1.807, 2.05) is 4.90 Å². The highest BCUT2D eigenvalue weighted by atomic mass is 16.2. The minimum absolute atomic E-state index is 0.0114. The number of amides is 2. The van der Waals surface area contributed by atoms with Crippen LogP contribution in [-0.4, -0.2) is 48.9 Å². The molecule has 0 bridgehead atoms. The highest BCUT2D eigenvalue weighted by molar-refractivity contribution is 5.94. The summed E-state index contributed by atoms with van der Waals surface area (Å²) in [6, 6.07) is 14.4. The number of nitrogens with zero attached hydrogens (tertiary/aromatic N) is 2. The molecule has 0 saturated carbocycles. The Kier molecular flexibility index (Phi) is 3.84. The Morgan fingerprint density at radius 1 is 1.00 bits per heavy atom. The monoisotopic (exact) mass is 323 g/mol. The fourth-order valence-electron chi connectivity index (χ4n) is 3.67. The molecule has 1 atom stereocenters. The molecule has 2 amide bonds. The largest absolute Gasteiger partial charge is 0.367 e. The van der Waals surface area contributed by atoms with Crippen molar-refractivity contribution in [3.8, 4) is 0 Å². The first-order valence-corrected chi connectivity index (χ1v) is 8.53. The van der Waals surface area contributed by atoms with Gasteiger partial charge in [-0.3, -0.25) is 9.59 Å². The second kappa shape index (κ2) is 6.15. The standard InChI is InChI=1S/C19H21N3O2/c23-18-9-8-16(20-18)19(24)22-12-10-21(11-13-22)17-7-3-5-14-4-1-2-6-15(14)17/h1-7,16H,8-13H2,(H,20,23). The van der Waals surface area contributed by atoms with Gasteiger partial charge in [0, 0.05) is 43.7 Å². The molecule has 0 aliphatic carbocycles. The summed E-state index contributed by atoms with van der Waals surface area (Å²) in [4.78, 5) is 28.0. The molecule has 4 rings (SSSR count). The number of piperazine rings is 1. The van der Waals surface area contributed by atoms with Crippen molar-refractivity contribution in [1.82, 2.24) is 10.2 Å². The van der Waals surface area contributed by atoms with Crippen molar-refractivity contribution >= 4 is 28.3 Å². The van der Waals surface area contributed by atoms with E-state index in [9.17, 15) is 9.59 Å². The summed E-state index contributed by atoms with van der Waals surface area (Å²) < 4.78 is 0. The van der Waals surface area contributed by atoms with E-state index < -0.39 is 0 Å². The molecule has 0 spiro atoms. The summed E-state index contributed by atoms with van der Waals surface area (Å²) in [7, 11) is 0. The Morgan fingerprint density at radius 2 is 1.75 bits per heavy atom. The van der Waals surface area contributed by atoms with E-state index in [4.69, 9.17) is 0 Å². The molecule has 24 heavy (non-hydrogen) atoms. The normalized spacial score (nSPS) is 21.2. The van der Waals surface area contributed by atoms with Gasteiger partial charge in [0.25, 0.3) is 0 Å². The van der Waals surface area contributed by atoms with E-state index in [0.717, 1.165) is 13.1 Å². The average molecular weight is 323 g/mol. The van der Waals surface area contributed by atoms with Crippen LogP contribution < -0.4 is 10.2 Å². The van der Waals surface area contributed by atoms with Gasteiger partial charge in [-0.15, -0.1) is 0 Å². The number of hydrogen-bond acceptors (Lipinski definition) is 3. The van der Waals surface area contributed by atoms with Gasteiger partial charge in [-0.05, 0) is 17.9 Å². The molecule has 2 aliphatic rings. The molecule has 1 N–H and O–H groups in total. The minimum atomic E-state index is -0.318. The van der Waals surface area contributed by atoms with E-state index in [-0.39, 0.29) is 17.9 Å². The quantitative estimate of drug-likeness (QED) is 0.916. The topological polar surface area (TPSA) is 52.7 Å². The van der Waals surface area contributed by atoms with E-state index >= 15 is 0 Å². The molecule has 1 unspecified atom stereocenters. The van der Waals surface area contributed by atoms with Crippen LogP contribution in [0.5, 0.6) is 0 Å². The number of rotatable bonds is 2. The van der Waals surface area contributed by atoms with Crippen molar-refractivity contribution < 1.29 is 9.59 Å². The van der Waals surface area contributed by atoms with Crippen molar-refractivity contribution in [2.45, 2.75) is 18.9 Å². The van der Waals surface area contributed by atoms with Crippen molar-refractivity contribution in [2.75, 3.05) is 31.1 Å². The zero-order valence-electron chi connectivity index (χ0n) is 13.6. The van der Waals surface area contributed by atoms with E-state index in [0.29, 0.717) is 25.9 Å². The highest BCUT2D eigenvalue weighted by Crippen LogP contribution is 2.27. The van der Waals surface area contributed by atoms with Gasteiger partial charge in [0.2, 0.25) is 11.8 Å². The predicted molar refractivity (Wildman–Crippen MR) is 93.9 cm³/mol. The molecule has 2 aromatic rings. The van der Waals surface area contributed by atoms with Crippen molar-refractivity contribution in [3.63, 3.8) is 0 Å². The Hall–Kier alpha value is -2.56. The Bertz CT molecular complexity index is 776. The SMILES string of the molecule is O=C1CCC(C(=O)N2CCN(c3cccc4ccccc34)CC2)N1. The van der Waals surface area contributed by atoms with Crippen LogP contribution in [0.1, 0.15) is 12.8 Å². The first-order chi connectivity index (χ1) is 11.7. The van der Waals surface area contributed by atoms with Crippen LogP contribution in [0.15, 0.2) is 42.5 Å². The molecule has 5 nitrogen and oxygen atoms in total. The fraction of sp³-hybridized carbons (Fsp3) is 0.368. The van der Waals surface area contributed by atoms with E-state index in [1.54, 1.807) is 0 Å². The summed E-state index contributed by atoms with van der Waals surface area (Å²) >= 11 is 0. The summed E-state index contributed by atoms with van der Waals surface area (Å²) in [6.07, 6.45) is 1.09. The van der Waals surface area contributed by atoms with Crippen molar-refractivity contribution in [2.24, 2.45) is 0 Å². The lowest BCUT2D eigenvalue weighted by Crippen LogP contribution is -2.53. The number of carbonyl (C=O) groups excluding carboxylic acids is 2. The number of carbonyl (C=O) groups is 2. The second-order valence-corrected chi connectivity index (χ2v) is 6.47. The summed E-state index contributed by atoms with van der Waals surface area (Å²) in [6.45, 7) is 3.05. The van der Waals surface area contributed by atoms with Crippen LogP contribution in [0.2, 0.25) is 0 Å². The second-order valence-electron chi connectivity index (χ2n) is 6.47. The van der Waals surface area contributed by atoms with Crippen LogP contribution in [-0.2, 0) is 9.59 Å². The van der Waals surface area contributed by atoms with E-state index in [2.05, 4.69) is 52.7 Å². The molecule has 2 heterocycles. The Balaban J connectivity index is 1.46. The number of hydrogen-bond donors (Lipinski definition) is 1. The molecule has 2 aliphatic heterocycles. The number of fused-ring (bicyclic) bond motifs is 1. The zero-order chi connectivity index (χ0) is 16.5. The van der Waals surface area contributed by atoms with Crippen molar-refractivity contribution in [1.29, 1.82) is 0 Å². The first-order valence-electron chi connectivity index (χ1n) is 8.53. The highest BCUT2D eigenvalue weighted by Gasteiger charge is 2.32. The van der Waals surface area contributed by atoms with Gasteiger partial charge < -0.3 is 15.1 Å². The predicted octanol–water partition coefficient (Wildman–Crippen LogP) is 1.77. The number of anilines is 1. The van der Waals surface area contributed by atoms with Crippen molar-refractivity contribution in [3.05, 3.63) is 42.5 Å². The summed E-state index contributed by atoms with van der Waals surface area (Å²) in [5.41, 5.74) is 1.23. The number of benzene rings is 2. The molecule has 0 radical (unpaired) electrons. The zero-order valence-corrected chi connectivity index (χ0v) is 13.6. The summed E-state index contributed by atoms with van der Waals surface area (Å²) in [5, 5.41) is 5.27.